The van der Waals surface area contributed by atoms with E-state index in [4.69, 9.17) is 4.74 Å². The maximum atomic E-state index is 13.7. The summed E-state index contributed by atoms with van der Waals surface area (Å²) < 4.78 is 8.82. The standard InChI is InChI=1S/C23H33N3O3/c1-24-14-13-19-20(24)15-21(23(28)29-2)25(19)16-22(27)26(17-9-5-3-6-10-17)18-11-7-4-8-12-18/h13-15,17-18H,3-12,16H2,1-2H3. The number of rotatable bonds is 5. The Morgan fingerprint density at radius 2 is 1.59 bits per heavy atom. The van der Waals surface area contributed by atoms with Crippen molar-refractivity contribution in [1.82, 2.24) is 14.0 Å². The van der Waals surface area contributed by atoms with Crippen LogP contribution < -0.4 is 0 Å². The molecule has 29 heavy (non-hydrogen) atoms. The maximum absolute atomic E-state index is 13.7. The monoisotopic (exact) mass is 399 g/mol. The van der Waals surface area contributed by atoms with Gasteiger partial charge in [0.1, 0.15) is 12.2 Å². The molecule has 0 N–H and O–H groups in total. The molecule has 2 aromatic rings. The predicted molar refractivity (Wildman–Crippen MR) is 113 cm³/mol. The summed E-state index contributed by atoms with van der Waals surface area (Å²) in [7, 11) is 3.34. The molecule has 6 nitrogen and oxygen atoms in total. The van der Waals surface area contributed by atoms with Crippen LogP contribution in [0.3, 0.4) is 0 Å². The predicted octanol–water partition coefficient (Wildman–Crippen LogP) is 4.26. The zero-order valence-corrected chi connectivity index (χ0v) is 17.7. The van der Waals surface area contributed by atoms with Crippen LogP contribution in [0.1, 0.15) is 74.7 Å². The molecule has 0 atom stereocenters. The van der Waals surface area contributed by atoms with Crippen LogP contribution >= 0.6 is 0 Å². The Hall–Kier alpha value is -2.24. The van der Waals surface area contributed by atoms with Crippen molar-refractivity contribution in [2.45, 2.75) is 82.8 Å². The van der Waals surface area contributed by atoms with Gasteiger partial charge in [0, 0.05) is 25.3 Å². The van der Waals surface area contributed by atoms with E-state index in [2.05, 4.69) is 4.90 Å². The molecule has 0 aromatic carbocycles. The van der Waals surface area contributed by atoms with Gasteiger partial charge in [-0.2, -0.15) is 0 Å². The summed E-state index contributed by atoms with van der Waals surface area (Å²) in [5.41, 5.74) is 2.31. The summed E-state index contributed by atoms with van der Waals surface area (Å²) in [6.45, 7) is 0.199. The lowest BCUT2D eigenvalue weighted by Gasteiger charge is -2.42. The van der Waals surface area contributed by atoms with E-state index in [1.54, 1.807) is 0 Å². The van der Waals surface area contributed by atoms with Crippen LogP contribution in [0, 0.1) is 0 Å². The summed E-state index contributed by atoms with van der Waals surface area (Å²) >= 11 is 0. The van der Waals surface area contributed by atoms with Gasteiger partial charge < -0.3 is 18.8 Å². The molecule has 2 aliphatic rings. The van der Waals surface area contributed by atoms with Crippen LogP contribution in [0.15, 0.2) is 18.3 Å². The Labute approximate surface area is 172 Å². The fourth-order valence-electron chi connectivity index (χ4n) is 5.35. The average molecular weight is 400 g/mol. The molecule has 0 radical (unpaired) electrons. The maximum Gasteiger partial charge on any atom is 0.354 e. The molecule has 0 unspecified atom stereocenters. The van der Waals surface area contributed by atoms with Gasteiger partial charge >= 0.3 is 5.97 Å². The highest BCUT2D eigenvalue weighted by Crippen LogP contribution is 2.31. The van der Waals surface area contributed by atoms with Crippen molar-refractivity contribution in [1.29, 1.82) is 0 Å². The molecule has 4 rings (SSSR count). The highest BCUT2D eigenvalue weighted by Gasteiger charge is 2.33. The van der Waals surface area contributed by atoms with Crippen LogP contribution in [-0.4, -0.2) is 45.1 Å². The third kappa shape index (κ3) is 3.94. The van der Waals surface area contributed by atoms with Crippen molar-refractivity contribution in [3.05, 3.63) is 24.0 Å². The molecule has 0 saturated heterocycles. The zero-order chi connectivity index (χ0) is 20.4. The van der Waals surface area contributed by atoms with Gasteiger partial charge in [0.05, 0.1) is 18.1 Å². The van der Waals surface area contributed by atoms with Gasteiger partial charge in [0.15, 0.2) is 0 Å². The fourth-order valence-corrected chi connectivity index (χ4v) is 5.35. The van der Waals surface area contributed by atoms with Gasteiger partial charge in [-0.3, -0.25) is 4.79 Å². The van der Waals surface area contributed by atoms with Gasteiger partial charge in [-0.05, 0) is 37.8 Å². The van der Waals surface area contributed by atoms with E-state index >= 15 is 0 Å². The molecule has 2 heterocycles. The molecule has 0 spiro atoms. The number of ether oxygens (including phenoxy) is 1. The smallest absolute Gasteiger partial charge is 0.354 e. The van der Waals surface area contributed by atoms with Crippen molar-refractivity contribution in [3.8, 4) is 0 Å². The van der Waals surface area contributed by atoms with Gasteiger partial charge in [-0.15, -0.1) is 0 Å². The first-order chi connectivity index (χ1) is 14.1. The van der Waals surface area contributed by atoms with Crippen molar-refractivity contribution in [2.75, 3.05) is 7.11 Å². The molecule has 0 bridgehead atoms. The number of hydrogen-bond acceptors (Lipinski definition) is 3. The largest absolute Gasteiger partial charge is 0.464 e. The van der Waals surface area contributed by atoms with E-state index in [-0.39, 0.29) is 12.5 Å². The minimum absolute atomic E-state index is 0.148. The highest BCUT2D eigenvalue weighted by atomic mass is 16.5. The third-order valence-corrected chi connectivity index (χ3v) is 6.87. The van der Waals surface area contributed by atoms with Crippen molar-refractivity contribution in [3.63, 3.8) is 0 Å². The summed E-state index contributed by atoms with van der Waals surface area (Å²) in [6, 6.07) is 4.51. The molecule has 2 fully saturated rings. The van der Waals surface area contributed by atoms with Gasteiger partial charge in [0.25, 0.3) is 0 Å². The SMILES string of the molecule is COC(=O)c1cc2c(ccn2C)n1CC(=O)N(C1CCCCC1)C1CCCCC1. The zero-order valence-electron chi connectivity index (χ0n) is 17.7. The summed E-state index contributed by atoms with van der Waals surface area (Å²) in [6.07, 6.45) is 13.8. The lowest BCUT2D eigenvalue weighted by molar-refractivity contribution is -0.138. The first-order valence-corrected chi connectivity index (χ1v) is 11.1. The van der Waals surface area contributed by atoms with Crippen LogP contribution in [-0.2, 0) is 23.1 Å². The average Bonchev–Trinajstić information content (AvgIpc) is 3.29. The Balaban J connectivity index is 1.65. The fraction of sp³-hybridized carbons (Fsp3) is 0.652. The summed E-state index contributed by atoms with van der Waals surface area (Å²) in [5, 5.41) is 0. The molecule has 2 saturated carbocycles. The Morgan fingerprint density at radius 1 is 1.00 bits per heavy atom. The number of amides is 1. The molecule has 1 amide bonds. The summed E-state index contributed by atoms with van der Waals surface area (Å²) in [4.78, 5) is 28.3. The highest BCUT2D eigenvalue weighted by molar-refractivity contribution is 5.96. The number of esters is 1. The van der Waals surface area contributed by atoms with Crippen LogP contribution in [0.25, 0.3) is 11.0 Å². The lowest BCUT2D eigenvalue weighted by atomic mass is 9.88. The van der Waals surface area contributed by atoms with E-state index in [0.29, 0.717) is 17.8 Å². The number of nitrogens with zero attached hydrogens (tertiary/aromatic N) is 3. The number of carbonyl (C=O) groups is 2. The normalized spacial score (nSPS) is 18.8. The van der Waals surface area contributed by atoms with E-state index in [1.165, 1.54) is 45.6 Å². The second-order valence-corrected chi connectivity index (χ2v) is 8.69. The molecule has 6 heteroatoms. The number of fused-ring (bicyclic) bond motifs is 1. The molecular weight excluding hydrogens is 366 g/mol. The summed E-state index contributed by atoms with van der Waals surface area (Å²) in [5.74, 6) is -0.244. The number of aromatic nitrogens is 2. The molecule has 2 aromatic heterocycles. The Morgan fingerprint density at radius 3 is 2.14 bits per heavy atom. The lowest BCUT2D eigenvalue weighted by Crippen LogP contribution is -2.50. The van der Waals surface area contributed by atoms with Crippen LogP contribution in [0.5, 0.6) is 0 Å². The molecule has 0 aliphatic heterocycles. The Bertz CT molecular complexity index is 851. The molecular formula is C23H33N3O3. The van der Waals surface area contributed by atoms with Crippen LogP contribution in [0.4, 0.5) is 0 Å². The number of methoxy groups -OCH3 is 1. The van der Waals surface area contributed by atoms with E-state index < -0.39 is 5.97 Å². The van der Waals surface area contributed by atoms with E-state index in [1.807, 2.05) is 34.5 Å². The minimum Gasteiger partial charge on any atom is -0.464 e. The Kier molecular flexibility index (Phi) is 5.97. The first kappa shape index (κ1) is 20.0. The first-order valence-electron chi connectivity index (χ1n) is 11.1. The van der Waals surface area contributed by atoms with Crippen molar-refractivity contribution in [2.24, 2.45) is 7.05 Å². The molecule has 2 aliphatic carbocycles. The quantitative estimate of drug-likeness (QED) is 0.706. The molecule has 158 valence electrons. The second-order valence-electron chi connectivity index (χ2n) is 8.69. The third-order valence-electron chi connectivity index (χ3n) is 6.87. The number of hydrogen-bond donors (Lipinski definition) is 0. The van der Waals surface area contributed by atoms with Gasteiger partial charge in [0.2, 0.25) is 5.91 Å². The van der Waals surface area contributed by atoms with E-state index in [0.717, 1.165) is 36.7 Å². The van der Waals surface area contributed by atoms with Crippen molar-refractivity contribution < 1.29 is 14.3 Å². The minimum atomic E-state index is -0.393. The van der Waals surface area contributed by atoms with E-state index in [9.17, 15) is 9.59 Å². The topological polar surface area (TPSA) is 56.5 Å². The second kappa shape index (κ2) is 8.64. The van der Waals surface area contributed by atoms with Crippen LogP contribution in [0.2, 0.25) is 0 Å². The van der Waals surface area contributed by atoms with Gasteiger partial charge in [-0.25, -0.2) is 4.79 Å². The number of aryl methyl sites for hydroxylation is 1. The van der Waals surface area contributed by atoms with Gasteiger partial charge in [-0.1, -0.05) is 38.5 Å². The number of carbonyl (C=O) groups excluding carboxylic acids is 2. The van der Waals surface area contributed by atoms with Crippen molar-refractivity contribution >= 4 is 22.9 Å².